The molecule has 22 heavy (non-hydrogen) atoms. The monoisotopic (exact) mass is 293 g/mol. The summed E-state index contributed by atoms with van der Waals surface area (Å²) in [5.41, 5.74) is 2.50. The zero-order valence-corrected chi connectivity index (χ0v) is 13.5. The van der Waals surface area contributed by atoms with E-state index in [1.807, 2.05) is 66.7 Å². The van der Waals surface area contributed by atoms with Crippen LogP contribution in [0.3, 0.4) is 0 Å². The summed E-state index contributed by atoms with van der Waals surface area (Å²) in [6.45, 7) is 6.84. The van der Waals surface area contributed by atoms with Crippen molar-refractivity contribution in [1.29, 1.82) is 0 Å². The van der Waals surface area contributed by atoms with Gasteiger partial charge in [0.2, 0.25) is 0 Å². The number of hydrogen-bond donors (Lipinski definition) is 1. The minimum absolute atomic E-state index is 0.0350. The van der Waals surface area contributed by atoms with Crippen molar-refractivity contribution in [1.82, 2.24) is 5.32 Å². The summed E-state index contributed by atoms with van der Waals surface area (Å²) in [6.07, 6.45) is 1.97. The van der Waals surface area contributed by atoms with Crippen LogP contribution in [0.15, 0.2) is 66.2 Å². The molecule has 0 heterocycles. The Balaban J connectivity index is 2.29. The van der Waals surface area contributed by atoms with Gasteiger partial charge in [-0.05, 0) is 32.4 Å². The van der Waals surface area contributed by atoms with Crippen LogP contribution in [0.2, 0.25) is 0 Å². The summed E-state index contributed by atoms with van der Waals surface area (Å²) in [5.74, 6) is 0.0706. The molecule has 114 valence electrons. The topological polar surface area (TPSA) is 29.1 Å². The normalized spacial score (nSPS) is 12.2. The van der Waals surface area contributed by atoms with Crippen LogP contribution >= 0.6 is 0 Å². The van der Waals surface area contributed by atoms with Gasteiger partial charge in [-0.3, -0.25) is 4.79 Å². The number of ketones is 1. The summed E-state index contributed by atoms with van der Waals surface area (Å²) in [4.78, 5) is 12.8. The van der Waals surface area contributed by atoms with E-state index in [4.69, 9.17) is 0 Å². The molecule has 0 aliphatic carbocycles. The average Bonchev–Trinajstić information content (AvgIpc) is 2.52. The van der Waals surface area contributed by atoms with Crippen molar-refractivity contribution in [2.24, 2.45) is 0 Å². The molecule has 2 nitrogen and oxygen atoms in total. The number of rotatable bonds is 5. The lowest BCUT2D eigenvalue weighted by Crippen LogP contribution is -2.38. The molecule has 2 aromatic carbocycles. The molecule has 0 radical (unpaired) electrons. The number of hydrogen-bond acceptors (Lipinski definition) is 2. The predicted molar refractivity (Wildman–Crippen MR) is 92.9 cm³/mol. The van der Waals surface area contributed by atoms with Gasteiger partial charge in [0.25, 0.3) is 0 Å². The van der Waals surface area contributed by atoms with E-state index >= 15 is 0 Å². The van der Waals surface area contributed by atoms with Crippen molar-refractivity contribution in [3.8, 4) is 0 Å². The summed E-state index contributed by atoms with van der Waals surface area (Å²) >= 11 is 0. The Morgan fingerprint density at radius 3 is 2.05 bits per heavy atom. The van der Waals surface area contributed by atoms with E-state index in [2.05, 4.69) is 26.1 Å². The summed E-state index contributed by atoms with van der Waals surface area (Å²) in [6, 6.07) is 19.4. The van der Waals surface area contributed by atoms with E-state index in [0.717, 1.165) is 16.7 Å². The van der Waals surface area contributed by atoms with Crippen molar-refractivity contribution in [3.63, 3.8) is 0 Å². The van der Waals surface area contributed by atoms with E-state index in [9.17, 15) is 4.79 Å². The third kappa shape index (κ3) is 4.97. The van der Waals surface area contributed by atoms with E-state index in [1.165, 1.54) is 0 Å². The largest absolute Gasteiger partial charge is 0.308 e. The van der Waals surface area contributed by atoms with E-state index in [0.29, 0.717) is 6.54 Å². The molecule has 0 spiro atoms. The van der Waals surface area contributed by atoms with Crippen LogP contribution in [0.4, 0.5) is 0 Å². The van der Waals surface area contributed by atoms with Crippen LogP contribution in [0.25, 0.3) is 6.08 Å². The molecular formula is C20H23NO. The minimum Gasteiger partial charge on any atom is -0.308 e. The zero-order chi connectivity index (χ0) is 16.0. The van der Waals surface area contributed by atoms with Gasteiger partial charge in [0.15, 0.2) is 5.78 Å². The molecule has 0 aliphatic heterocycles. The molecule has 0 aromatic heterocycles. The lowest BCUT2D eigenvalue weighted by Gasteiger charge is -2.21. The van der Waals surface area contributed by atoms with Crippen LogP contribution in [-0.4, -0.2) is 17.9 Å². The van der Waals surface area contributed by atoms with Gasteiger partial charge in [-0.25, -0.2) is 0 Å². The van der Waals surface area contributed by atoms with Gasteiger partial charge >= 0.3 is 0 Å². The Kier molecular flexibility index (Phi) is 5.29. The molecule has 0 amide bonds. The molecule has 0 saturated carbocycles. The first-order valence-corrected chi connectivity index (χ1v) is 7.56. The molecule has 2 aromatic rings. The number of carbonyl (C=O) groups excluding carboxylic acids is 1. The smallest absolute Gasteiger partial charge is 0.190 e. The first kappa shape index (κ1) is 16.2. The lowest BCUT2D eigenvalue weighted by atomic mass is 9.99. The van der Waals surface area contributed by atoms with Gasteiger partial charge in [-0.2, -0.15) is 0 Å². The highest BCUT2D eigenvalue weighted by molar-refractivity contribution is 6.11. The van der Waals surface area contributed by atoms with Crippen molar-refractivity contribution < 1.29 is 4.79 Å². The standard InChI is InChI=1S/C20H23NO/c1-20(2,3)21-15-18(14-16-10-6-4-7-11-16)19(22)17-12-8-5-9-13-17/h4-14,21H,15H2,1-3H3/b18-14-. The summed E-state index contributed by atoms with van der Waals surface area (Å²) in [5, 5.41) is 3.40. The van der Waals surface area contributed by atoms with Gasteiger partial charge in [0.05, 0.1) is 0 Å². The molecule has 0 unspecified atom stereocenters. The fourth-order valence-electron chi connectivity index (χ4n) is 2.08. The number of benzene rings is 2. The molecule has 2 rings (SSSR count). The van der Waals surface area contributed by atoms with Gasteiger partial charge in [0, 0.05) is 23.2 Å². The Morgan fingerprint density at radius 1 is 0.955 bits per heavy atom. The Hall–Kier alpha value is -2.19. The van der Waals surface area contributed by atoms with Crippen LogP contribution in [0.5, 0.6) is 0 Å². The first-order valence-electron chi connectivity index (χ1n) is 7.56. The van der Waals surface area contributed by atoms with Gasteiger partial charge in [-0.15, -0.1) is 0 Å². The maximum Gasteiger partial charge on any atom is 0.190 e. The highest BCUT2D eigenvalue weighted by Gasteiger charge is 2.15. The first-order chi connectivity index (χ1) is 10.5. The van der Waals surface area contributed by atoms with Gasteiger partial charge in [-0.1, -0.05) is 60.7 Å². The quantitative estimate of drug-likeness (QED) is 0.656. The van der Waals surface area contributed by atoms with E-state index in [-0.39, 0.29) is 11.3 Å². The van der Waals surface area contributed by atoms with Crippen molar-refractivity contribution >= 4 is 11.9 Å². The minimum atomic E-state index is -0.0350. The third-order valence-corrected chi connectivity index (χ3v) is 3.28. The van der Waals surface area contributed by atoms with Gasteiger partial charge in [0.1, 0.15) is 0 Å². The zero-order valence-electron chi connectivity index (χ0n) is 13.5. The number of nitrogens with one attached hydrogen (secondary N) is 1. The predicted octanol–water partition coefficient (Wildman–Crippen LogP) is 4.34. The van der Waals surface area contributed by atoms with Crippen molar-refractivity contribution in [2.75, 3.05) is 6.54 Å². The summed E-state index contributed by atoms with van der Waals surface area (Å²) < 4.78 is 0. The Morgan fingerprint density at radius 2 is 1.50 bits per heavy atom. The SMILES string of the molecule is CC(C)(C)NC/C(=C/c1ccccc1)C(=O)c1ccccc1. The summed E-state index contributed by atoms with van der Waals surface area (Å²) in [7, 11) is 0. The third-order valence-electron chi connectivity index (χ3n) is 3.28. The molecule has 0 bridgehead atoms. The second kappa shape index (κ2) is 7.19. The van der Waals surface area contributed by atoms with Crippen LogP contribution in [0, 0.1) is 0 Å². The van der Waals surface area contributed by atoms with Crippen LogP contribution in [0.1, 0.15) is 36.7 Å². The fraction of sp³-hybridized carbons (Fsp3) is 0.250. The fourth-order valence-corrected chi connectivity index (χ4v) is 2.08. The van der Waals surface area contributed by atoms with Crippen LogP contribution in [-0.2, 0) is 0 Å². The van der Waals surface area contributed by atoms with Crippen molar-refractivity contribution in [2.45, 2.75) is 26.3 Å². The Labute approximate surface area is 132 Å². The maximum atomic E-state index is 12.8. The molecule has 1 N–H and O–H groups in total. The molecule has 0 saturated heterocycles. The van der Waals surface area contributed by atoms with Crippen LogP contribution < -0.4 is 5.32 Å². The molecule has 2 heteroatoms. The second-order valence-electron chi connectivity index (χ2n) is 6.38. The van der Waals surface area contributed by atoms with E-state index in [1.54, 1.807) is 0 Å². The van der Waals surface area contributed by atoms with Crippen molar-refractivity contribution in [3.05, 3.63) is 77.4 Å². The highest BCUT2D eigenvalue weighted by atomic mass is 16.1. The molecule has 0 fully saturated rings. The lowest BCUT2D eigenvalue weighted by molar-refractivity contribution is 0.103. The average molecular weight is 293 g/mol. The highest BCUT2D eigenvalue weighted by Crippen LogP contribution is 2.13. The Bertz CT molecular complexity index is 636. The molecule has 0 aliphatic rings. The van der Waals surface area contributed by atoms with Gasteiger partial charge < -0.3 is 5.32 Å². The maximum absolute atomic E-state index is 12.8. The number of carbonyl (C=O) groups is 1. The second-order valence-corrected chi connectivity index (χ2v) is 6.38. The number of Topliss-reactive ketones (excluding diaryl/α,β-unsaturated/α-hetero) is 1. The molecular weight excluding hydrogens is 270 g/mol. The molecule has 0 atom stereocenters. The van der Waals surface area contributed by atoms with E-state index < -0.39 is 0 Å².